The number of hydrogen-bond donors (Lipinski definition) is 4. The van der Waals surface area contributed by atoms with Gasteiger partial charge in [-0.15, -0.1) is 0 Å². The highest BCUT2D eigenvalue weighted by Gasteiger charge is 2.37. The van der Waals surface area contributed by atoms with Gasteiger partial charge in [0.1, 0.15) is 0 Å². The van der Waals surface area contributed by atoms with Gasteiger partial charge in [0.2, 0.25) is 0 Å². The predicted octanol–water partition coefficient (Wildman–Crippen LogP) is 2.38. The molecule has 0 aliphatic heterocycles. The molecule has 102 valence electrons. The third kappa shape index (κ3) is 3.14. The van der Waals surface area contributed by atoms with Gasteiger partial charge in [-0.3, -0.25) is 0 Å². The molecule has 0 heterocycles. The van der Waals surface area contributed by atoms with Crippen molar-refractivity contribution in [1.29, 1.82) is 0 Å². The van der Waals surface area contributed by atoms with E-state index in [1.54, 1.807) is 0 Å². The van der Waals surface area contributed by atoms with E-state index in [0.29, 0.717) is 0 Å². The number of nitrogens with two attached hydrogens (primary N) is 1. The van der Waals surface area contributed by atoms with Gasteiger partial charge in [0.05, 0.1) is 5.54 Å². The minimum absolute atomic E-state index is 0.198. The van der Waals surface area contributed by atoms with Crippen LogP contribution in [0, 0.1) is 0 Å². The molecule has 1 aliphatic rings. The highest BCUT2D eigenvalue weighted by atomic mass is 32.1. The van der Waals surface area contributed by atoms with Crippen LogP contribution in [-0.2, 0) is 5.54 Å². The van der Waals surface area contributed by atoms with Gasteiger partial charge in [-0.2, -0.15) is 0 Å². The van der Waals surface area contributed by atoms with Crippen molar-refractivity contribution >= 4 is 29.1 Å². The van der Waals surface area contributed by atoms with Gasteiger partial charge in [0, 0.05) is 5.69 Å². The van der Waals surface area contributed by atoms with E-state index in [-0.39, 0.29) is 5.11 Å². The molecule has 0 saturated heterocycles. The Labute approximate surface area is 117 Å². The molecule has 6 heteroatoms. The van der Waals surface area contributed by atoms with Crippen molar-refractivity contribution < 1.29 is 9.90 Å². The zero-order valence-electron chi connectivity index (χ0n) is 10.5. The van der Waals surface area contributed by atoms with Crippen LogP contribution in [0.2, 0.25) is 0 Å². The van der Waals surface area contributed by atoms with Gasteiger partial charge in [0.15, 0.2) is 5.11 Å². The SMILES string of the molecule is NC(=S)Nc1cccc(C2(NC(=O)O)CCCC2)c1. The zero-order valence-corrected chi connectivity index (χ0v) is 11.3. The standard InChI is InChI=1S/C13H17N3O2S/c14-11(19)15-10-5-3-4-9(8-10)13(16-12(17)18)6-1-2-7-13/h3-5,8,16H,1-2,6-7H2,(H,17,18)(H3,14,15,19). The highest BCUT2D eigenvalue weighted by Crippen LogP contribution is 2.39. The number of anilines is 1. The summed E-state index contributed by atoms with van der Waals surface area (Å²) < 4.78 is 0. The maximum absolute atomic E-state index is 11.0. The van der Waals surface area contributed by atoms with Crippen LogP contribution >= 0.6 is 12.2 Å². The summed E-state index contributed by atoms with van der Waals surface area (Å²) in [6.45, 7) is 0. The Morgan fingerprint density at radius 2 is 2.05 bits per heavy atom. The monoisotopic (exact) mass is 279 g/mol. The Kier molecular flexibility index (Phi) is 3.90. The van der Waals surface area contributed by atoms with Crippen molar-refractivity contribution in [3.63, 3.8) is 0 Å². The molecule has 0 bridgehead atoms. The molecule has 5 nitrogen and oxygen atoms in total. The fraction of sp³-hybridized carbons (Fsp3) is 0.385. The largest absolute Gasteiger partial charge is 0.465 e. The normalized spacial score (nSPS) is 16.8. The molecule has 0 aromatic heterocycles. The van der Waals surface area contributed by atoms with Crippen LogP contribution in [0.4, 0.5) is 10.5 Å². The second-order valence-electron chi connectivity index (χ2n) is 4.79. The molecule has 0 unspecified atom stereocenters. The average molecular weight is 279 g/mol. The Morgan fingerprint density at radius 1 is 1.37 bits per heavy atom. The lowest BCUT2D eigenvalue weighted by atomic mass is 9.88. The molecule has 0 spiro atoms. The predicted molar refractivity (Wildman–Crippen MR) is 78.2 cm³/mol. The van der Waals surface area contributed by atoms with Gasteiger partial charge in [-0.05, 0) is 42.8 Å². The van der Waals surface area contributed by atoms with E-state index in [4.69, 9.17) is 23.1 Å². The quantitative estimate of drug-likeness (QED) is 0.638. The molecule has 2 rings (SSSR count). The molecule has 1 aromatic rings. The zero-order chi connectivity index (χ0) is 13.9. The molecule has 5 N–H and O–H groups in total. The lowest BCUT2D eigenvalue weighted by Gasteiger charge is -2.30. The second kappa shape index (κ2) is 5.44. The summed E-state index contributed by atoms with van der Waals surface area (Å²) in [6.07, 6.45) is 2.68. The maximum Gasteiger partial charge on any atom is 0.405 e. The third-order valence-corrected chi connectivity index (χ3v) is 3.59. The first-order valence-electron chi connectivity index (χ1n) is 6.20. The molecule has 0 atom stereocenters. The minimum atomic E-state index is -0.991. The smallest absolute Gasteiger partial charge is 0.405 e. The maximum atomic E-state index is 11.0. The summed E-state index contributed by atoms with van der Waals surface area (Å²) >= 11 is 4.81. The van der Waals surface area contributed by atoms with Crippen molar-refractivity contribution in [1.82, 2.24) is 5.32 Å². The summed E-state index contributed by atoms with van der Waals surface area (Å²) in [5, 5.41) is 14.8. The molecular formula is C13H17N3O2S. The van der Waals surface area contributed by atoms with E-state index < -0.39 is 11.6 Å². The van der Waals surface area contributed by atoms with E-state index in [0.717, 1.165) is 36.9 Å². The molecule has 0 radical (unpaired) electrons. The Bertz CT molecular complexity index is 498. The molecule has 1 amide bonds. The Balaban J connectivity index is 2.31. The van der Waals surface area contributed by atoms with Crippen molar-refractivity contribution in [2.45, 2.75) is 31.2 Å². The lowest BCUT2D eigenvalue weighted by Crippen LogP contribution is -2.43. The number of rotatable bonds is 3. The van der Waals surface area contributed by atoms with Crippen LogP contribution < -0.4 is 16.4 Å². The molecule has 1 aliphatic carbocycles. The van der Waals surface area contributed by atoms with Gasteiger partial charge in [-0.1, -0.05) is 25.0 Å². The lowest BCUT2D eigenvalue weighted by molar-refractivity contribution is 0.177. The number of hydrogen-bond acceptors (Lipinski definition) is 2. The second-order valence-corrected chi connectivity index (χ2v) is 5.23. The fourth-order valence-corrected chi connectivity index (χ4v) is 2.82. The topological polar surface area (TPSA) is 87.4 Å². The molecule has 19 heavy (non-hydrogen) atoms. The molecule has 1 fully saturated rings. The van der Waals surface area contributed by atoms with Crippen LogP contribution in [0.1, 0.15) is 31.2 Å². The van der Waals surface area contributed by atoms with Crippen molar-refractivity contribution in [3.8, 4) is 0 Å². The number of carboxylic acid groups (broad SMARTS) is 1. The number of thiocarbonyl (C=S) groups is 1. The summed E-state index contributed by atoms with van der Waals surface area (Å²) in [6, 6.07) is 7.57. The van der Waals surface area contributed by atoms with E-state index in [1.165, 1.54) is 0 Å². The number of benzene rings is 1. The number of carbonyl (C=O) groups is 1. The Morgan fingerprint density at radius 3 is 2.63 bits per heavy atom. The van der Waals surface area contributed by atoms with E-state index in [2.05, 4.69) is 10.6 Å². The van der Waals surface area contributed by atoms with E-state index >= 15 is 0 Å². The molecule has 1 aromatic carbocycles. The third-order valence-electron chi connectivity index (χ3n) is 3.49. The summed E-state index contributed by atoms with van der Waals surface area (Å²) in [5.74, 6) is 0. The van der Waals surface area contributed by atoms with E-state index in [9.17, 15) is 4.79 Å². The van der Waals surface area contributed by atoms with Crippen LogP contribution in [0.25, 0.3) is 0 Å². The first kappa shape index (κ1) is 13.6. The van der Waals surface area contributed by atoms with Crippen LogP contribution in [0.3, 0.4) is 0 Å². The first-order chi connectivity index (χ1) is 9.02. The van der Waals surface area contributed by atoms with Gasteiger partial charge in [-0.25, -0.2) is 4.79 Å². The highest BCUT2D eigenvalue weighted by molar-refractivity contribution is 7.80. The van der Waals surface area contributed by atoms with Crippen LogP contribution in [0.15, 0.2) is 24.3 Å². The number of amides is 1. The molecule has 1 saturated carbocycles. The summed E-state index contributed by atoms with van der Waals surface area (Å²) in [7, 11) is 0. The minimum Gasteiger partial charge on any atom is -0.465 e. The number of nitrogens with one attached hydrogen (secondary N) is 2. The van der Waals surface area contributed by atoms with Gasteiger partial charge >= 0.3 is 6.09 Å². The fourth-order valence-electron chi connectivity index (χ4n) is 2.71. The molecular weight excluding hydrogens is 262 g/mol. The first-order valence-corrected chi connectivity index (χ1v) is 6.61. The summed E-state index contributed by atoms with van der Waals surface area (Å²) in [4.78, 5) is 11.0. The van der Waals surface area contributed by atoms with Crippen molar-refractivity contribution in [3.05, 3.63) is 29.8 Å². The van der Waals surface area contributed by atoms with Crippen LogP contribution in [-0.4, -0.2) is 16.3 Å². The average Bonchev–Trinajstić information content (AvgIpc) is 2.77. The Hall–Kier alpha value is -1.82. The van der Waals surface area contributed by atoms with Crippen molar-refractivity contribution in [2.24, 2.45) is 5.73 Å². The van der Waals surface area contributed by atoms with Gasteiger partial charge in [0.25, 0.3) is 0 Å². The summed E-state index contributed by atoms with van der Waals surface area (Å²) in [5.41, 5.74) is 6.70. The van der Waals surface area contributed by atoms with Gasteiger partial charge < -0.3 is 21.5 Å². The van der Waals surface area contributed by atoms with Crippen LogP contribution in [0.5, 0.6) is 0 Å². The van der Waals surface area contributed by atoms with E-state index in [1.807, 2.05) is 24.3 Å². The van der Waals surface area contributed by atoms with Crippen molar-refractivity contribution in [2.75, 3.05) is 5.32 Å².